The number of fused-ring (bicyclic) bond motifs is 1. The molecular formula is C19H14F2N4O3. The molecule has 28 heavy (non-hydrogen) atoms. The second-order valence-corrected chi connectivity index (χ2v) is 6.03. The van der Waals surface area contributed by atoms with Gasteiger partial charge in [0.2, 0.25) is 5.89 Å². The first-order valence-corrected chi connectivity index (χ1v) is 8.33. The maximum Gasteiger partial charge on any atom is 0.314 e. The van der Waals surface area contributed by atoms with E-state index in [0.29, 0.717) is 28.2 Å². The molecule has 0 amide bonds. The smallest absolute Gasteiger partial charge is 0.314 e. The monoisotopic (exact) mass is 384 g/mol. The number of hydrogen-bond acceptors (Lipinski definition) is 6. The quantitative estimate of drug-likeness (QED) is 0.466. The van der Waals surface area contributed by atoms with Crippen molar-refractivity contribution in [3.63, 3.8) is 0 Å². The Balaban J connectivity index is 1.53. The molecular weight excluding hydrogens is 370 g/mol. The highest BCUT2D eigenvalue weighted by Gasteiger charge is 2.17. The van der Waals surface area contributed by atoms with Crippen molar-refractivity contribution >= 4 is 11.4 Å². The molecule has 0 unspecified atom stereocenters. The van der Waals surface area contributed by atoms with Crippen LogP contribution in [0.25, 0.3) is 17.1 Å². The van der Waals surface area contributed by atoms with Crippen LogP contribution in [-0.2, 0) is 6.61 Å². The number of halogens is 2. The summed E-state index contributed by atoms with van der Waals surface area (Å²) in [6.45, 7) is 1.70. The molecule has 0 fully saturated rings. The average Bonchev–Trinajstić information content (AvgIpc) is 3.33. The summed E-state index contributed by atoms with van der Waals surface area (Å²) in [7, 11) is 0. The number of hydrogen-bond donors (Lipinski definition) is 0. The third-order valence-corrected chi connectivity index (χ3v) is 4.01. The van der Waals surface area contributed by atoms with Crippen molar-refractivity contribution in [1.82, 2.24) is 19.6 Å². The predicted molar refractivity (Wildman–Crippen MR) is 94.2 cm³/mol. The van der Waals surface area contributed by atoms with E-state index < -0.39 is 12.3 Å². The fourth-order valence-corrected chi connectivity index (χ4v) is 2.64. The van der Waals surface area contributed by atoms with Crippen LogP contribution >= 0.6 is 0 Å². The maximum absolute atomic E-state index is 12.6. The Kier molecular flexibility index (Phi) is 4.56. The number of nitrogens with zero attached hydrogens (tertiary/aromatic N) is 4. The van der Waals surface area contributed by atoms with Gasteiger partial charge in [-0.15, -0.1) is 10.2 Å². The van der Waals surface area contributed by atoms with Crippen molar-refractivity contribution in [2.45, 2.75) is 20.0 Å². The van der Waals surface area contributed by atoms with Gasteiger partial charge < -0.3 is 13.6 Å². The molecule has 0 aliphatic heterocycles. The minimum atomic E-state index is -2.82. The fraction of sp³-hybridized carbons (Fsp3) is 0.158. The van der Waals surface area contributed by atoms with Gasteiger partial charge in [0.25, 0.3) is 5.89 Å². The summed E-state index contributed by atoms with van der Waals surface area (Å²) < 4.78 is 37.6. The van der Waals surface area contributed by atoms with E-state index in [1.165, 1.54) is 6.92 Å². The van der Waals surface area contributed by atoms with E-state index in [9.17, 15) is 13.6 Å². The number of alkyl halides is 2. The van der Waals surface area contributed by atoms with E-state index in [0.717, 1.165) is 0 Å². The van der Waals surface area contributed by atoms with Gasteiger partial charge in [-0.05, 0) is 31.2 Å². The number of carbonyl (C=O) groups excluding carboxylic acids is 1. The first kappa shape index (κ1) is 17.8. The molecule has 4 aromatic rings. The van der Waals surface area contributed by atoms with Crippen molar-refractivity contribution in [1.29, 1.82) is 0 Å². The lowest BCUT2D eigenvalue weighted by Crippen LogP contribution is -1.97. The fourth-order valence-electron chi connectivity index (χ4n) is 2.64. The van der Waals surface area contributed by atoms with Gasteiger partial charge in [-0.2, -0.15) is 8.78 Å². The van der Waals surface area contributed by atoms with Crippen molar-refractivity contribution < 1.29 is 22.7 Å². The molecule has 142 valence electrons. The van der Waals surface area contributed by atoms with E-state index in [1.54, 1.807) is 53.2 Å². The van der Waals surface area contributed by atoms with E-state index in [4.69, 9.17) is 9.15 Å². The molecule has 0 saturated heterocycles. The highest BCUT2D eigenvalue weighted by atomic mass is 19.3. The lowest BCUT2D eigenvalue weighted by atomic mass is 10.1. The van der Waals surface area contributed by atoms with Crippen LogP contribution in [0.2, 0.25) is 0 Å². The number of imidazole rings is 1. The Morgan fingerprint density at radius 2 is 2.11 bits per heavy atom. The van der Waals surface area contributed by atoms with Crippen LogP contribution in [0, 0.1) is 0 Å². The van der Waals surface area contributed by atoms with Gasteiger partial charge in [0.05, 0.1) is 5.69 Å². The predicted octanol–water partition coefficient (Wildman–Crippen LogP) is 4.10. The molecule has 3 aromatic heterocycles. The van der Waals surface area contributed by atoms with Gasteiger partial charge in [0.15, 0.2) is 5.78 Å². The molecule has 0 atom stereocenters. The number of aromatic nitrogens is 4. The summed E-state index contributed by atoms with van der Waals surface area (Å²) in [5.74, 6) is -0.197. The SMILES string of the molecule is CC(=O)c1cccc(OCc2cn3ccc(-c4nnc(C(F)F)o4)cc3n2)c1. The molecule has 7 nitrogen and oxygen atoms in total. The summed E-state index contributed by atoms with van der Waals surface area (Å²) in [6, 6.07) is 10.2. The zero-order valence-electron chi connectivity index (χ0n) is 14.7. The van der Waals surface area contributed by atoms with Crippen molar-refractivity contribution in [2.75, 3.05) is 0 Å². The van der Waals surface area contributed by atoms with Crippen LogP contribution in [0.15, 0.2) is 53.2 Å². The summed E-state index contributed by atoms with van der Waals surface area (Å²) in [5, 5.41) is 6.96. The zero-order valence-corrected chi connectivity index (χ0v) is 14.7. The van der Waals surface area contributed by atoms with E-state index in [1.807, 2.05) is 0 Å². The van der Waals surface area contributed by atoms with E-state index in [2.05, 4.69) is 15.2 Å². The number of pyridine rings is 1. The Morgan fingerprint density at radius 3 is 2.86 bits per heavy atom. The lowest BCUT2D eigenvalue weighted by Gasteiger charge is -2.05. The first-order chi connectivity index (χ1) is 13.5. The summed E-state index contributed by atoms with van der Waals surface area (Å²) in [5.41, 5.74) is 2.29. The zero-order chi connectivity index (χ0) is 19.7. The van der Waals surface area contributed by atoms with Gasteiger partial charge in [-0.25, -0.2) is 4.98 Å². The molecule has 0 radical (unpaired) electrons. The highest BCUT2D eigenvalue weighted by molar-refractivity contribution is 5.94. The second-order valence-electron chi connectivity index (χ2n) is 6.03. The van der Waals surface area contributed by atoms with Crippen molar-refractivity contribution in [3.8, 4) is 17.2 Å². The van der Waals surface area contributed by atoms with E-state index in [-0.39, 0.29) is 18.3 Å². The molecule has 3 heterocycles. The second kappa shape index (κ2) is 7.18. The number of benzene rings is 1. The third kappa shape index (κ3) is 3.59. The normalized spacial score (nSPS) is 11.3. The van der Waals surface area contributed by atoms with Crippen LogP contribution in [0.4, 0.5) is 8.78 Å². The summed E-state index contributed by atoms with van der Waals surface area (Å²) >= 11 is 0. The first-order valence-electron chi connectivity index (χ1n) is 8.33. The number of Topliss-reactive ketones (excluding diaryl/α,β-unsaturated/α-hetero) is 1. The summed E-state index contributed by atoms with van der Waals surface area (Å²) in [6.07, 6.45) is 0.678. The standard InChI is InChI=1S/C19H14F2N4O3/c1-11(26)12-3-2-4-15(7-12)27-10-14-9-25-6-5-13(8-16(25)22-14)18-23-24-19(28-18)17(20)21/h2-9,17H,10H2,1H3. The molecule has 0 spiro atoms. The Hall–Kier alpha value is -3.62. The third-order valence-electron chi connectivity index (χ3n) is 4.01. The Labute approximate surface area is 157 Å². The minimum absolute atomic E-state index is 0.000326. The lowest BCUT2D eigenvalue weighted by molar-refractivity contribution is 0.101. The van der Waals surface area contributed by atoms with Gasteiger partial charge in [-0.3, -0.25) is 4.79 Å². The number of ketones is 1. The van der Waals surface area contributed by atoms with Crippen LogP contribution < -0.4 is 4.74 Å². The minimum Gasteiger partial charge on any atom is -0.487 e. The highest BCUT2D eigenvalue weighted by Crippen LogP contribution is 2.24. The molecule has 4 rings (SSSR count). The largest absolute Gasteiger partial charge is 0.487 e. The molecule has 1 aromatic carbocycles. The molecule has 0 aliphatic carbocycles. The maximum atomic E-state index is 12.6. The van der Waals surface area contributed by atoms with Crippen LogP contribution in [0.5, 0.6) is 5.75 Å². The topological polar surface area (TPSA) is 82.5 Å². The summed E-state index contributed by atoms with van der Waals surface area (Å²) in [4.78, 5) is 15.9. The van der Waals surface area contributed by atoms with Gasteiger partial charge in [0, 0.05) is 23.5 Å². The van der Waals surface area contributed by atoms with Gasteiger partial charge >= 0.3 is 6.43 Å². The Morgan fingerprint density at radius 1 is 1.25 bits per heavy atom. The molecule has 9 heteroatoms. The van der Waals surface area contributed by atoms with Gasteiger partial charge in [-0.1, -0.05) is 12.1 Å². The molecule has 0 saturated carbocycles. The molecule has 0 N–H and O–H groups in total. The van der Waals surface area contributed by atoms with Gasteiger partial charge in [0.1, 0.15) is 18.0 Å². The molecule has 0 aliphatic rings. The van der Waals surface area contributed by atoms with Crippen LogP contribution in [0.3, 0.4) is 0 Å². The number of carbonyl (C=O) groups is 1. The Bertz CT molecular complexity index is 1150. The average molecular weight is 384 g/mol. The number of rotatable bonds is 6. The van der Waals surface area contributed by atoms with Crippen LogP contribution in [-0.4, -0.2) is 25.4 Å². The number of ether oxygens (including phenoxy) is 1. The van der Waals surface area contributed by atoms with Crippen LogP contribution in [0.1, 0.15) is 35.3 Å². The van der Waals surface area contributed by atoms with Crippen molar-refractivity contribution in [3.05, 3.63) is 65.9 Å². The molecule has 0 bridgehead atoms. The van der Waals surface area contributed by atoms with E-state index >= 15 is 0 Å². The van der Waals surface area contributed by atoms with Crippen molar-refractivity contribution in [2.24, 2.45) is 0 Å².